The molecule has 0 heterocycles. The highest BCUT2D eigenvalue weighted by Gasteiger charge is 2.30. The van der Waals surface area contributed by atoms with Gasteiger partial charge in [-0.3, -0.25) is 0 Å². The first-order valence-electron chi connectivity index (χ1n) is 4.66. The molecule has 0 amide bonds. The number of carbonyl (C=O) groups excluding carboxylic acids is 1. The van der Waals surface area contributed by atoms with E-state index in [1.807, 2.05) is 44.2 Å². The Hall–Kier alpha value is -1.15. The lowest BCUT2D eigenvalue weighted by atomic mass is 9.80. The van der Waals surface area contributed by atoms with Crippen LogP contribution in [0.25, 0.3) is 0 Å². The Kier molecular flexibility index (Phi) is 3.42. The van der Waals surface area contributed by atoms with Crippen LogP contribution in [0.4, 0.5) is 0 Å². The smallest absolute Gasteiger partial charge is 0.149 e. The minimum Gasteiger partial charge on any atom is -0.373 e. The summed E-state index contributed by atoms with van der Waals surface area (Å²) >= 11 is 0. The molecule has 0 aliphatic heterocycles. The molecule has 0 radical (unpaired) electrons. The van der Waals surface area contributed by atoms with E-state index in [1.165, 1.54) is 0 Å². The summed E-state index contributed by atoms with van der Waals surface area (Å²) in [6, 6.07) is 9.91. The lowest BCUT2D eigenvalue weighted by Gasteiger charge is -2.29. The molecule has 0 spiro atoms. The van der Waals surface area contributed by atoms with E-state index in [0.717, 1.165) is 11.8 Å². The van der Waals surface area contributed by atoms with Crippen molar-refractivity contribution < 1.29 is 9.53 Å². The molecule has 76 valence electrons. The van der Waals surface area contributed by atoms with Crippen molar-refractivity contribution >= 4 is 6.29 Å². The van der Waals surface area contributed by atoms with Crippen LogP contribution in [0.5, 0.6) is 0 Å². The summed E-state index contributed by atoms with van der Waals surface area (Å²) in [7, 11) is 1.56. The van der Waals surface area contributed by atoms with Crippen LogP contribution in [0, 0.1) is 0 Å². The molecule has 2 heteroatoms. The average Bonchev–Trinajstić information content (AvgIpc) is 2.20. The van der Waals surface area contributed by atoms with E-state index >= 15 is 0 Å². The lowest BCUT2D eigenvalue weighted by molar-refractivity contribution is -0.119. The fraction of sp³-hybridized carbons (Fsp3) is 0.417. The van der Waals surface area contributed by atoms with E-state index in [2.05, 4.69) is 0 Å². The number of hydrogen-bond donors (Lipinski definition) is 0. The van der Waals surface area contributed by atoms with Gasteiger partial charge in [0.15, 0.2) is 0 Å². The summed E-state index contributed by atoms with van der Waals surface area (Å²) < 4.78 is 5.15. The molecule has 0 saturated heterocycles. The fourth-order valence-electron chi connectivity index (χ4n) is 1.55. The first kappa shape index (κ1) is 10.9. The van der Waals surface area contributed by atoms with Gasteiger partial charge >= 0.3 is 0 Å². The Morgan fingerprint density at radius 3 is 2.29 bits per heavy atom. The molecule has 0 saturated carbocycles. The van der Waals surface area contributed by atoms with Crippen molar-refractivity contribution in [3.63, 3.8) is 0 Å². The van der Waals surface area contributed by atoms with Crippen LogP contribution in [0.15, 0.2) is 30.3 Å². The number of aldehydes is 1. The van der Waals surface area contributed by atoms with Crippen molar-refractivity contribution in [2.75, 3.05) is 7.11 Å². The Morgan fingerprint density at radius 1 is 1.29 bits per heavy atom. The number of carbonyl (C=O) groups is 1. The first-order chi connectivity index (χ1) is 6.62. The lowest BCUT2D eigenvalue weighted by Crippen LogP contribution is -2.36. The first-order valence-corrected chi connectivity index (χ1v) is 4.66. The zero-order valence-corrected chi connectivity index (χ0v) is 8.86. The second-order valence-electron chi connectivity index (χ2n) is 3.88. The van der Waals surface area contributed by atoms with Crippen molar-refractivity contribution in [1.29, 1.82) is 0 Å². The minimum atomic E-state index is -0.398. The summed E-state index contributed by atoms with van der Waals surface area (Å²) in [5, 5.41) is 0. The minimum absolute atomic E-state index is 0.280. The summed E-state index contributed by atoms with van der Waals surface area (Å²) in [6.07, 6.45) is 0.456. The van der Waals surface area contributed by atoms with Crippen LogP contribution >= 0.6 is 0 Å². The van der Waals surface area contributed by atoms with Gasteiger partial charge in [0.25, 0.3) is 0 Å². The Labute approximate surface area is 84.9 Å². The van der Waals surface area contributed by atoms with Crippen LogP contribution in [-0.4, -0.2) is 19.5 Å². The molecule has 1 aromatic carbocycles. The van der Waals surface area contributed by atoms with E-state index in [-0.39, 0.29) is 5.41 Å². The third-order valence-electron chi connectivity index (χ3n) is 2.61. The number of ether oxygens (including phenoxy) is 1. The van der Waals surface area contributed by atoms with Crippen molar-refractivity contribution in [2.45, 2.75) is 25.4 Å². The van der Waals surface area contributed by atoms with E-state index in [4.69, 9.17) is 4.74 Å². The fourth-order valence-corrected chi connectivity index (χ4v) is 1.55. The van der Waals surface area contributed by atoms with Gasteiger partial charge in [-0.2, -0.15) is 0 Å². The molecule has 1 atom stereocenters. The highest BCUT2D eigenvalue weighted by atomic mass is 16.5. The molecule has 0 bridgehead atoms. The second-order valence-corrected chi connectivity index (χ2v) is 3.88. The van der Waals surface area contributed by atoms with Crippen molar-refractivity contribution in [3.8, 4) is 0 Å². The SMILES string of the molecule is COC(C=O)C(C)(C)c1ccccc1. The molecule has 0 fully saturated rings. The molecule has 0 aliphatic carbocycles. The molecule has 1 aromatic rings. The average molecular weight is 192 g/mol. The highest BCUT2D eigenvalue weighted by molar-refractivity contribution is 5.60. The largest absolute Gasteiger partial charge is 0.373 e. The normalized spacial score (nSPS) is 13.6. The number of methoxy groups -OCH3 is 1. The predicted molar refractivity (Wildman–Crippen MR) is 56.3 cm³/mol. The standard InChI is InChI=1S/C12H16O2/c1-12(2,11(9-13)14-3)10-7-5-4-6-8-10/h4-9,11H,1-3H3. The summed E-state index contributed by atoms with van der Waals surface area (Å²) in [4.78, 5) is 10.8. The predicted octanol–water partition coefficient (Wildman–Crippen LogP) is 2.18. The monoisotopic (exact) mass is 192 g/mol. The molecule has 1 unspecified atom stereocenters. The van der Waals surface area contributed by atoms with Gasteiger partial charge in [-0.25, -0.2) is 0 Å². The van der Waals surface area contributed by atoms with Crippen molar-refractivity contribution in [2.24, 2.45) is 0 Å². The van der Waals surface area contributed by atoms with Crippen LogP contribution in [0.3, 0.4) is 0 Å². The van der Waals surface area contributed by atoms with Gasteiger partial charge in [0.2, 0.25) is 0 Å². The Bertz CT molecular complexity index is 290. The zero-order valence-electron chi connectivity index (χ0n) is 8.86. The van der Waals surface area contributed by atoms with Gasteiger partial charge in [0, 0.05) is 12.5 Å². The van der Waals surface area contributed by atoms with Gasteiger partial charge in [-0.1, -0.05) is 44.2 Å². The Balaban J connectivity index is 3.00. The maximum atomic E-state index is 10.8. The molecule has 0 N–H and O–H groups in total. The molecular formula is C12H16O2. The van der Waals surface area contributed by atoms with Crippen LogP contribution < -0.4 is 0 Å². The van der Waals surface area contributed by atoms with E-state index in [9.17, 15) is 4.79 Å². The third-order valence-corrected chi connectivity index (χ3v) is 2.61. The molecule has 2 nitrogen and oxygen atoms in total. The summed E-state index contributed by atoms with van der Waals surface area (Å²) in [5.74, 6) is 0. The second kappa shape index (κ2) is 4.38. The number of rotatable bonds is 4. The molecule has 0 aliphatic rings. The maximum absolute atomic E-state index is 10.8. The van der Waals surface area contributed by atoms with Gasteiger partial charge in [-0.05, 0) is 5.56 Å². The molecule has 14 heavy (non-hydrogen) atoms. The zero-order chi connectivity index (χ0) is 10.6. The van der Waals surface area contributed by atoms with Crippen molar-refractivity contribution in [1.82, 2.24) is 0 Å². The van der Waals surface area contributed by atoms with E-state index < -0.39 is 6.10 Å². The van der Waals surface area contributed by atoms with Gasteiger partial charge in [-0.15, -0.1) is 0 Å². The number of benzene rings is 1. The quantitative estimate of drug-likeness (QED) is 0.683. The van der Waals surface area contributed by atoms with Gasteiger partial charge in [0.1, 0.15) is 12.4 Å². The maximum Gasteiger partial charge on any atom is 0.149 e. The third kappa shape index (κ3) is 2.02. The van der Waals surface area contributed by atoms with E-state index in [1.54, 1.807) is 7.11 Å². The molecular weight excluding hydrogens is 176 g/mol. The van der Waals surface area contributed by atoms with Gasteiger partial charge in [0.05, 0.1) is 0 Å². The highest BCUT2D eigenvalue weighted by Crippen LogP contribution is 2.27. The van der Waals surface area contributed by atoms with Crippen LogP contribution in [0.2, 0.25) is 0 Å². The number of hydrogen-bond acceptors (Lipinski definition) is 2. The topological polar surface area (TPSA) is 26.3 Å². The van der Waals surface area contributed by atoms with Gasteiger partial charge < -0.3 is 9.53 Å². The summed E-state index contributed by atoms with van der Waals surface area (Å²) in [5.41, 5.74) is 0.830. The summed E-state index contributed by atoms with van der Waals surface area (Å²) in [6.45, 7) is 4.01. The molecule has 0 aromatic heterocycles. The molecule has 1 rings (SSSR count). The van der Waals surface area contributed by atoms with E-state index in [0.29, 0.717) is 0 Å². The van der Waals surface area contributed by atoms with Crippen LogP contribution in [-0.2, 0) is 14.9 Å². The van der Waals surface area contributed by atoms with Crippen LogP contribution in [0.1, 0.15) is 19.4 Å². The Morgan fingerprint density at radius 2 is 1.86 bits per heavy atom. The van der Waals surface area contributed by atoms with Crippen molar-refractivity contribution in [3.05, 3.63) is 35.9 Å².